The van der Waals surface area contributed by atoms with Gasteiger partial charge >= 0.3 is 5.97 Å². The van der Waals surface area contributed by atoms with E-state index in [-0.39, 0.29) is 21.8 Å². The Bertz CT molecular complexity index is 742. The van der Waals surface area contributed by atoms with Crippen molar-refractivity contribution in [2.75, 3.05) is 10.5 Å². The van der Waals surface area contributed by atoms with E-state index in [1.807, 2.05) is 0 Å². The molecule has 0 saturated carbocycles. The number of benzene rings is 2. The Morgan fingerprint density at radius 2 is 1.70 bits per heavy atom. The van der Waals surface area contributed by atoms with Gasteiger partial charge in [0.2, 0.25) is 0 Å². The van der Waals surface area contributed by atoms with E-state index >= 15 is 0 Å². The average Bonchev–Trinajstić information content (AvgIpc) is 2.41. The van der Waals surface area contributed by atoms with Crippen LogP contribution in [0.1, 0.15) is 10.4 Å². The number of carbonyl (C=O) groups is 1. The number of hydrogen-bond acceptors (Lipinski definition) is 4. The Kier molecular flexibility index (Phi) is 3.62. The van der Waals surface area contributed by atoms with Gasteiger partial charge < -0.3 is 10.8 Å². The Morgan fingerprint density at radius 1 is 1.05 bits per heavy atom. The maximum atomic E-state index is 12.2. The molecule has 20 heavy (non-hydrogen) atoms. The van der Waals surface area contributed by atoms with Crippen molar-refractivity contribution in [1.29, 1.82) is 0 Å². The van der Waals surface area contributed by atoms with Crippen molar-refractivity contribution in [2.45, 2.75) is 4.90 Å². The predicted octanol–water partition coefficient (Wildman–Crippen LogP) is 1.77. The van der Waals surface area contributed by atoms with Gasteiger partial charge in [0.15, 0.2) is 0 Å². The van der Waals surface area contributed by atoms with E-state index in [1.54, 1.807) is 18.2 Å². The molecular formula is C13H12N2O4S. The minimum atomic E-state index is -3.89. The quantitative estimate of drug-likeness (QED) is 0.744. The van der Waals surface area contributed by atoms with Crippen LogP contribution in [-0.2, 0) is 10.0 Å². The monoisotopic (exact) mass is 292 g/mol. The van der Waals surface area contributed by atoms with Crippen molar-refractivity contribution in [3.8, 4) is 0 Å². The van der Waals surface area contributed by atoms with Crippen molar-refractivity contribution < 1.29 is 18.3 Å². The standard InChI is InChI=1S/C13H12N2O4S/c14-11-8-4-7-10(13(16)17)12(11)15-20(18,19)9-5-2-1-3-6-9/h1-8,15H,14H2,(H,16,17). The summed E-state index contributed by atoms with van der Waals surface area (Å²) in [5, 5.41) is 9.07. The van der Waals surface area contributed by atoms with Gasteiger partial charge in [0.05, 0.1) is 21.8 Å². The van der Waals surface area contributed by atoms with Crippen LogP contribution in [0.2, 0.25) is 0 Å². The first-order chi connectivity index (χ1) is 9.42. The first kappa shape index (κ1) is 13.9. The van der Waals surface area contributed by atoms with Crippen molar-refractivity contribution in [2.24, 2.45) is 0 Å². The fraction of sp³-hybridized carbons (Fsp3) is 0. The predicted molar refractivity (Wildman–Crippen MR) is 75.1 cm³/mol. The molecule has 2 aromatic carbocycles. The van der Waals surface area contributed by atoms with E-state index in [0.717, 1.165) is 0 Å². The summed E-state index contributed by atoms with van der Waals surface area (Å²) in [6, 6.07) is 11.8. The summed E-state index contributed by atoms with van der Waals surface area (Å²) in [7, 11) is -3.89. The fourth-order valence-electron chi connectivity index (χ4n) is 1.66. The second-order valence-corrected chi connectivity index (χ2v) is 5.68. The molecule has 0 atom stereocenters. The third kappa shape index (κ3) is 2.72. The molecule has 0 saturated heterocycles. The largest absolute Gasteiger partial charge is 0.478 e. The van der Waals surface area contributed by atoms with Crippen LogP contribution in [0.25, 0.3) is 0 Å². The number of sulfonamides is 1. The maximum Gasteiger partial charge on any atom is 0.337 e. The number of rotatable bonds is 4. The maximum absolute atomic E-state index is 12.2. The summed E-state index contributed by atoms with van der Waals surface area (Å²) in [5.74, 6) is -1.26. The molecule has 2 rings (SSSR count). The Labute approximate surface area is 115 Å². The lowest BCUT2D eigenvalue weighted by Gasteiger charge is -2.12. The van der Waals surface area contributed by atoms with E-state index < -0.39 is 16.0 Å². The summed E-state index contributed by atoms with van der Waals surface area (Å²) in [5.41, 5.74) is 5.36. The number of carboxylic acid groups (broad SMARTS) is 1. The molecule has 0 fully saturated rings. The van der Waals surface area contributed by atoms with E-state index in [9.17, 15) is 13.2 Å². The number of aromatic carboxylic acids is 1. The summed E-state index contributed by atoms with van der Waals surface area (Å²) in [4.78, 5) is 11.1. The average molecular weight is 292 g/mol. The summed E-state index contributed by atoms with van der Waals surface area (Å²) >= 11 is 0. The highest BCUT2D eigenvalue weighted by molar-refractivity contribution is 7.92. The highest BCUT2D eigenvalue weighted by Gasteiger charge is 2.20. The van der Waals surface area contributed by atoms with Crippen LogP contribution in [0.4, 0.5) is 11.4 Å². The molecule has 0 amide bonds. The molecule has 0 unspecified atom stereocenters. The molecule has 0 radical (unpaired) electrons. The highest BCUT2D eigenvalue weighted by atomic mass is 32.2. The molecule has 7 heteroatoms. The van der Waals surface area contributed by atoms with Crippen LogP contribution in [0.15, 0.2) is 53.4 Å². The zero-order chi connectivity index (χ0) is 14.8. The molecule has 0 aliphatic heterocycles. The van der Waals surface area contributed by atoms with Crippen molar-refractivity contribution in [1.82, 2.24) is 0 Å². The van der Waals surface area contributed by atoms with Gasteiger partial charge in [-0.15, -0.1) is 0 Å². The van der Waals surface area contributed by atoms with Crippen LogP contribution >= 0.6 is 0 Å². The molecule has 0 aliphatic rings. The molecule has 0 aliphatic carbocycles. The molecular weight excluding hydrogens is 280 g/mol. The number of hydrogen-bond donors (Lipinski definition) is 3. The first-order valence-electron chi connectivity index (χ1n) is 5.61. The molecule has 2 aromatic rings. The molecule has 0 spiro atoms. The van der Waals surface area contributed by atoms with Crippen molar-refractivity contribution in [3.05, 3.63) is 54.1 Å². The fourth-order valence-corrected chi connectivity index (χ4v) is 2.79. The number of nitrogens with two attached hydrogens (primary N) is 1. The SMILES string of the molecule is Nc1cccc(C(=O)O)c1NS(=O)(=O)c1ccccc1. The van der Waals surface area contributed by atoms with Gasteiger partial charge in [-0.2, -0.15) is 0 Å². The number of carboxylic acids is 1. The third-order valence-corrected chi connectivity index (χ3v) is 3.98. The van der Waals surface area contributed by atoms with Gasteiger partial charge in [-0.1, -0.05) is 24.3 Å². The van der Waals surface area contributed by atoms with Crippen molar-refractivity contribution in [3.63, 3.8) is 0 Å². The Balaban J connectivity index is 2.48. The summed E-state index contributed by atoms with van der Waals surface area (Å²) in [6.07, 6.45) is 0. The molecule has 4 N–H and O–H groups in total. The Morgan fingerprint density at radius 3 is 2.30 bits per heavy atom. The lowest BCUT2D eigenvalue weighted by atomic mass is 10.1. The minimum absolute atomic E-state index is 0.0274. The lowest BCUT2D eigenvalue weighted by molar-refractivity contribution is 0.0698. The van der Waals surface area contributed by atoms with Crippen LogP contribution in [0, 0.1) is 0 Å². The van der Waals surface area contributed by atoms with E-state index in [1.165, 1.54) is 30.3 Å². The van der Waals surface area contributed by atoms with E-state index in [0.29, 0.717) is 0 Å². The zero-order valence-electron chi connectivity index (χ0n) is 10.3. The molecule has 0 bridgehead atoms. The zero-order valence-corrected chi connectivity index (χ0v) is 11.1. The van der Waals surface area contributed by atoms with E-state index in [2.05, 4.69) is 4.72 Å². The number of anilines is 2. The number of nitrogens with one attached hydrogen (secondary N) is 1. The van der Waals surface area contributed by atoms with Crippen LogP contribution < -0.4 is 10.5 Å². The third-order valence-electron chi connectivity index (χ3n) is 2.62. The van der Waals surface area contributed by atoms with E-state index in [4.69, 9.17) is 10.8 Å². The summed E-state index contributed by atoms with van der Waals surface area (Å²) < 4.78 is 26.6. The van der Waals surface area contributed by atoms with Gasteiger partial charge in [0.1, 0.15) is 0 Å². The smallest absolute Gasteiger partial charge is 0.337 e. The second kappa shape index (κ2) is 5.22. The molecule has 0 aromatic heterocycles. The molecule has 104 valence electrons. The molecule has 0 heterocycles. The topological polar surface area (TPSA) is 109 Å². The Hall–Kier alpha value is -2.54. The van der Waals surface area contributed by atoms with Gasteiger partial charge in [0, 0.05) is 0 Å². The highest BCUT2D eigenvalue weighted by Crippen LogP contribution is 2.26. The van der Waals surface area contributed by atoms with Gasteiger partial charge in [-0.3, -0.25) is 4.72 Å². The van der Waals surface area contributed by atoms with Gasteiger partial charge in [-0.05, 0) is 24.3 Å². The summed E-state index contributed by atoms with van der Waals surface area (Å²) in [6.45, 7) is 0. The number of nitrogen functional groups attached to an aromatic ring is 1. The minimum Gasteiger partial charge on any atom is -0.478 e. The lowest BCUT2D eigenvalue weighted by Crippen LogP contribution is -2.16. The second-order valence-electron chi connectivity index (χ2n) is 3.99. The van der Waals surface area contributed by atoms with Crippen LogP contribution in [0.5, 0.6) is 0 Å². The molecule has 6 nitrogen and oxygen atoms in total. The van der Waals surface area contributed by atoms with Gasteiger partial charge in [0.25, 0.3) is 10.0 Å². The first-order valence-corrected chi connectivity index (χ1v) is 7.10. The number of para-hydroxylation sites is 1. The van der Waals surface area contributed by atoms with Gasteiger partial charge in [-0.25, -0.2) is 13.2 Å². The normalized spacial score (nSPS) is 11.0. The van der Waals surface area contributed by atoms with Crippen molar-refractivity contribution >= 4 is 27.4 Å². The van der Waals surface area contributed by atoms with Crippen LogP contribution in [0.3, 0.4) is 0 Å². The van der Waals surface area contributed by atoms with Crippen LogP contribution in [-0.4, -0.2) is 19.5 Å².